The van der Waals surface area contributed by atoms with Crippen LogP contribution in [0.5, 0.6) is 0 Å². The summed E-state index contributed by atoms with van der Waals surface area (Å²) in [4.78, 5) is 0. The fraction of sp³-hybridized carbons (Fsp3) is 0.0526. The maximum absolute atomic E-state index is 4.57. The first-order valence-electron chi connectivity index (χ1n) is 7.43. The molecule has 0 aliphatic heterocycles. The molecular formula is C19H15N4. The minimum Gasteiger partial charge on any atom is -0.278 e. The van der Waals surface area contributed by atoms with Gasteiger partial charge >= 0.3 is 0 Å². The summed E-state index contributed by atoms with van der Waals surface area (Å²) in [6.45, 7) is 0. The highest BCUT2D eigenvalue weighted by Gasteiger charge is 2.16. The predicted molar refractivity (Wildman–Crippen MR) is 90.5 cm³/mol. The highest BCUT2D eigenvalue weighted by atomic mass is 15.2. The zero-order chi connectivity index (χ0) is 15.6. The second kappa shape index (κ2) is 5.57. The fourth-order valence-corrected chi connectivity index (χ4v) is 2.78. The number of nitrogens with one attached hydrogen (secondary N) is 1. The Labute approximate surface area is 134 Å². The standard InChI is InChI=1S/C19H15N4/c1-23-13-11-18(22-23)16-9-5-8-15(17-10-12-20-21-17)19(16)14-6-3-2-4-7-14/h2-7,9-13H,1H3,(H,20,21). The lowest BCUT2D eigenvalue weighted by Crippen LogP contribution is -1.93. The van der Waals surface area contributed by atoms with Gasteiger partial charge in [-0.3, -0.25) is 9.78 Å². The minimum atomic E-state index is 0.945. The predicted octanol–water partition coefficient (Wildman–Crippen LogP) is 3.94. The van der Waals surface area contributed by atoms with Gasteiger partial charge in [0, 0.05) is 36.1 Å². The monoisotopic (exact) mass is 299 g/mol. The van der Waals surface area contributed by atoms with E-state index >= 15 is 0 Å². The van der Waals surface area contributed by atoms with Crippen molar-refractivity contribution in [2.45, 2.75) is 0 Å². The molecular weight excluding hydrogens is 284 g/mol. The van der Waals surface area contributed by atoms with E-state index in [0.29, 0.717) is 0 Å². The number of H-pyrrole nitrogens is 1. The van der Waals surface area contributed by atoms with E-state index in [0.717, 1.165) is 33.6 Å². The van der Waals surface area contributed by atoms with E-state index in [1.807, 2.05) is 54.3 Å². The van der Waals surface area contributed by atoms with Crippen molar-refractivity contribution in [2.75, 3.05) is 0 Å². The van der Waals surface area contributed by atoms with Crippen LogP contribution < -0.4 is 0 Å². The lowest BCUT2D eigenvalue weighted by atomic mass is 9.91. The number of nitrogens with zero attached hydrogens (tertiary/aromatic N) is 3. The summed E-state index contributed by atoms with van der Waals surface area (Å²) >= 11 is 0. The molecule has 0 unspecified atom stereocenters. The van der Waals surface area contributed by atoms with Crippen molar-refractivity contribution in [3.8, 4) is 33.6 Å². The molecule has 0 aliphatic rings. The summed E-state index contributed by atoms with van der Waals surface area (Å²) in [7, 11) is 1.93. The Morgan fingerprint density at radius 1 is 1.04 bits per heavy atom. The highest BCUT2D eigenvalue weighted by molar-refractivity contribution is 5.92. The van der Waals surface area contributed by atoms with Crippen molar-refractivity contribution in [2.24, 2.45) is 7.05 Å². The molecule has 0 saturated carbocycles. The van der Waals surface area contributed by atoms with E-state index in [4.69, 9.17) is 0 Å². The van der Waals surface area contributed by atoms with Crippen molar-refractivity contribution < 1.29 is 0 Å². The largest absolute Gasteiger partial charge is 0.278 e. The van der Waals surface area contributed by atoms with Crippen molar-refractivity contribution in [3.63, 3.8) is 0 Å². The normalized spacial score (nSPS) is 10.8. The number of aromatic nitrogens is 4. The lowest BCUT2D eigenvalue weighted by molar-refractivity contribution is 0.771. The van der Waals surface area contributed by atoms with Crippen molar-refractivity contribution >= 4 is 0 Å². The summed E-state index contributed by atoms with van der Waals surface area (Å²) in [5.74, 6) is 0. The van der Waals surface area contributed by atoms with Crippen LogP contribution >= 0.6 is 0 Å². The van der Waals surface area contributed by atoms with Crippen LogP contribution in [0, 0.1) is 6.07 Å². The Morgan fingerprint density at radius 3 is 2.61 bits per heavy atom. The van der Waals surface area contributed by atoms with Crippen molar-refractivity contribution in [1.82, 2.24) is 20.0 Å². The summed E-state index contributed by atoms with van der Waals surface area (Å²) in [5.41, 5.74) is 6.21. The van der Waals surface area contributed by atoms with Gasteiger partial charge in [0.25, 0.3) is 0 Å². The van der Waals surface area contributed by atoms with Crippen molar-refractivity contribution in [1.29, 1.82) is 0 Å². The number of hydrogen-bond acceptors (Lipinski definition) is 2. The third kappa shape index (κ3) is 2.44. The molecule has 0 amide bonds. The summed E-state index contributed by atoms with van der Waals surface area (Å²) in [6.07, 6.45) is 3.71. The average Bonchev–Trinajstić information content (AvgIpc) is 3.26. The van der Waals surface area contributed by atoms with Gasteiger partial charge in [0.2, 0.25) is 0 Å². The quantitative estimate of drug-likeness (QED) is 0.622. The molecule has 0 bridgehead atoms. The van der Waals surface area contributed by atoms with Crippen LogP contribution in [0.15, 0.2) is 67.0 Å². The third-order valence-corrected chi connectivity index (χ3v) is 3.82. The molecule has 2 aromatic carbocycles. The Kier molecular flexibility index (Phi) is 3.27. The number of benzene rings is 2. The first kappa shape index (κ1) is 13.5. The first-order chi connectivity index (χ1) is 11.3. The second-order valence-corrected chi connectivity index (χ2v) is 5.35. The molecule has 0 aliphatic carbocycles. The molecule has 0 saturated heterocycles. The molecule has 2 heterocycles. The zero-order valence-corrected chi connectivity index (χ0v) is 12.7. The van der Waals surface area contributed by atoms with Crippen LogP contribution in [-0.4, -0.2) is 20.0 Å². The van der Waals surface area contributed by atoms with Gasteiger partial charge in [0.1, 0.15) is 0 Å². The molecule has 111 valence electrons. The van der Waals surface area contributed by atoms with E-state index in [1.165, 1.54) is 0 Å². The molecule has 2 aromatic heterocycles. The molecule has 0 spiro atoms. The van der Waals surface area contributed by atoms with Crippen LogP contribution in [0.4, 0.5) is 0 Å². The van der Waals surface area contributed by atoms with Crippen molar-refractivity contribution in [3.05, 3.63) is 73.1 Å². The number of aromatic amines is 1. The maximum Gasteiger partial charge on any atom is 0.0929 e. The second-order valence-electron chi connectivity index (χ2n) is 5.35. The Bertz CT molecular complexity index is 921. The lowest BCUT2D eigenvalue weighted by Gasteiger charge is -2.13. The molecule has 4 rings (SSSR count). The Morgan fingerprint density at radius 2 is 1.91 bits per heavy atom. The van der Waals surface area contributed by atoms with Gasteiger partial charge in [-0.25, -0.2) is 0 Å². The van der Waals surface area contributed by atoms with Crippen LogP contribution in [-0.2, 0) is 7.05 Å². The van der Waals surface area contributed by atoms with Gasteiger partial charge in [0.05, 0.1) is 11.4 Å². The van der Waals surface area contributed by atoms with E-state index in [1.54, 1.807) is 6.20 Å². The average molecular weight is 299 g/mol. The Hall–Kier alpha value is -3.14. The molecule has 1 radical (unpaired) electrons. The zero-order valence-electron chi connectivity index (χ0n) is 12.7. The number of aryl methyl sites for hydroxylation is 1. The van der Waals surface area contributed by atoms with Crippen LogP contribution in [0.25, 0.3) is 33.6 Å². The van der Waals surface area contributed by atoms with Gasteiger partial charge in [-0.05, 0) is 23.8 Å². The third-order valence-electron chi connectivity index (χ3n) is 3.82. The van der Waals surface area contributed by atoms with E-state index in [9.17, 15) is 0 Å². The van der Waals surface area contributed by atoms with Gasteiger partial charge < -0.3 is 0 Å². The number of rotatable bonds is 3. The minimum absolute atomic E-state index is 0.945. The molecule has 0 atom stereocenters. The van der Waals surface area contributed by atoms with Gasteiger partial charge in [-0.1, -0.05) is 42.5 Å². The number of hydrogen-bond donors (Lipinski definition) is 1. The summed E-state index contributed by atoms with van der Waals surface area (Å²) in [6, 6.07) is 21.7. The summed E-state index contributed by atoms with van der Waals surface area (Å²) in [5, 5.41) is 11.7. The van der Waals surface area contributed by atoms with Gasteiger partial charge in [-0.2, -0.15) is 10.2 Å². The molecule has 1 N–H and O–H groups in total. The summed E-state index contributed by atoms with van der Waals surface area (Å²) < 4.78 is 1.82. The van der Waals surface area contributed by atoms with Gasteiger partial charge in [-0.15, -0.1) is 0 Å². The Balaban J connectivity index is 2.02. The van der Waals surface area contributed by atoms with Crippen LogP contribution in [0.2, 0.25) is 0 Å². The SMILES string of the molecule is Cn1ccc(-c2cc[c]c(-c3ccn[nH]3)c2-c2ccccc2)n1. The maximum atomic E-state index is 4.57. The van der Waals surface area contributed by atoms with E-state index in [2.05, 4.69) is 39.6 Å². The topological polar surface area (TPSA) is 46.5 Å². The van der Waals surface area contributed by atoms with E-state index in [-0.39, 0.29) is 0 Å². The van der Waals surface area contributed by atoms with Gasteiger partial charge in [0.15, 0.2) is 0 Å². The fourth-order valence-electron chi connectivity index (χ4n) is 2.78. The molecule has 23 heavy (non-hydrogen) atoms. The van der Waals surface area contributed by atoms with E-state index < -0.39 is 0 Å². The van der Waals surface area contributed by atoms with Crippen LogP contribution in [0.3, 0.4) is 0 Å². The van der Waals surface area contributed by atoms with Crippen LogP contribution in [0.1, 0.15) is 0 Å². The molecule has 4 heteroatoms. The molecule has 4 nitrogen and oxygen atoms in total. The highest BCUT2D eigenvalue weighted by Crippen LogP contribution is 2.38. The molecule has 4 aromatic rings. The first-order valence-corrected chi connectivity index (χ1v) is 7.43. The smallest absolute Gasteiger partial charge is 0.0929 e. The molecule has 0 fully saturated rings.